The van der Waals surface area contributed by atoms with Gasteiger partial charge in [0.25, 0.3) is 0 Å². The zero-order chi connectivity index (χ0) is 22.1. The summed E-state index contributed by atoms with van der Waals surface area (Å²) in [6, 6.07) is -0.195. The lowest BCUT2D eigenvalue weighted by Gasteiger charge is -2.22. The number of aromatic nitrogens is 1. The smallest absolute Gasteiger partial charge is 0.367 e. The number of hydrogen-bond donors (Lipinski definition) is 2. The second-order valence-corrected chi connectivity index (χ2v) is 7.56. The molecule has 1 aromatic heterocycles. The molecule has 162 valence electrons. The lowest BCUT2D eigenvalue weighted by Crippen LogP contribution is -2.49. The number of rotatable bonds is 6. The Hall–Kier alpha value is -2.62. The van der Waals surface area contributed by atoms with Crippen molar-refractivity contribution in [1.29, 1.82) is 0 Å². The molecule has 1 fully saturated rings. The van der Waals surface area contributed by atoms with E-state index in [0.29, 0.717) is 19.0 Å². The Morgan fingerprint density at radius 3 is 2.37 bits per heavy atom. The van der Waals surface area contributed by atoms with Crippen LogP contribution in [0.2, 0.25) is 5.02 Å². The number of carbonyl (C=O) groups excluding carboxylic acids is 3. The molecule has 0 aromatic carbocycles. The summed E-state index contributed by atoms with van der Waals surface area (Å²) in [7, 11) is 0. The second-order valence-electron chi connectivity index (χ2n) is 7.15. The molecule has 0 bridgehead atoms. The maximum absolute atomic E-state index is 12.6. The van der Waals surface area contributed by atoms with Crippen LogP contribution in [0.3, 0.4) is 0 Å². The third kappa shape index (κ3) is 4.43. The summed E-state index contributed by atoms with van der Waals surface area (Å²) in [5.74, 6) is -1.95. The van der Waals surface area contributed by atoms with E-state index in [1.807, 2.05) is 12.2 Å². The Morgan fingerprint density at radius 2 is 1.83 bits per heavy atom. The predicted octanol–water partition coefficient (Wildman–Crippen LogP) is 2.62. The molecule has 0 spiro atoms. The number of pyridine rings is 1. The summed E-state index contributed by atoms with van der Waals surface area (Å²) >= 11 is 5.81. The van der Waals surface area contributed by atoms with E-state index in [-0.39, 0.29) is 35.7 Å². The number of nitrogens with one attached hydrogen (secondary N) is 2. The normalized spacial score (nSPS) is 22.1. The van der Waals surface area contributed by atoms with E-state index in [1.165, 1.54) is 6.92 Å². The topological polar surface area (TPSA) is 91.4 Å². The molecule has 30 heavy (non-hydrogen) atoms. The minimum absolute atomic E-state index is 0.0495. The fourth-order valence-electron chi connectivity index (χ4n) is 3.56. The minimum Gasteiger partial charge on any atom is -0.367 e. The lowest BCUT2D eigenvalue weighted by molar-refractivity contribution is -0.147. The van der Waals surface area contributed by atoms with Crippen LogP contribution in [0.15, 0.2) is 24.4 Å². The molecule has 0 unspecified atom stereocenters. The standard InChI is InChI=1S/C19H20ClF3N4O3/c1-10(27-17(29)12-4-2-3-5-13(12)18(27)30)16(28)25-7-6-24-15-14(20)8-11(9-26-15)19(21,22)23/h2-3,8-10,12-13H,4-7H2,1H3,(H,24,26)(H,25,28)/t10-,12-,13-/m1/s1. The molecule has 0 saturated carbocycles. The fraction of sp³-hybridized carbons (Fsp3) is 0.474. The van der Waals surface area contributed by atoms with E-state index in [0.717, 1.165) is 11.0 Å². The number of likely N-dealkylation sites (tertiary alicyclic amines) is 1. The average molecular weight is 445 g/mol. The van der Waals surface area contributed by atoms with E-state index in [9.17, 15) is 27.6 Å². The molecule has 2 heterocycles. The molecule has 1 aromatic rings. The monoisotopic (exact) mass is 444 g/mol. The van der Waals surface area contributed by atoms with Gasteiger partial charge < -0.3 is 10.6 Å². The Kier molecular flexibility index (Phi) is 6.35. The van der Waals surface area contributed by atoms with Gasteiger partial charge >= 0.3 is 6.18 Å². The van der Waals surface area contributed by atoms with Crippen molar-refractivity contribution in [3.63, 3.8) is 0 Å². The maximum atomic E-state index is 12.6. The van der Waals surface area contributed by atoms with Gasteiger partial charge in [0, 0.05) is 19.3 Å². The van der Waals surface area contributed by atoms with Crippen molar-refractivity contribution in [1.82, 2.24) is 15.2 Å². The van der Waals surface area contributed by atoms with Crippen molar-refractivity contribution in [2.24, 2.45) is 11.8 Å². The first-order chi connectivity index (χ1) is 14.1. The number of allylic oxidation sites excluding steroid dienone is 2. The molecular weight excluding hydrogens is 425 g/mol. The van der Waals surface area contributed by atoms with Gasteiger partial charge in [0.15, 0.2) is 0 Å². The highest BCUT2D eigenvalue weighted by atomic mass is 35.5. The van der Waals surface area contributed by atoms with E-state index in [4.69, 9.17) is 11.6 Å². The number of alkyl halides is 3. The number of imide groups is 1. The van der Waals surface area contributed by atoms with Crippen molar-refractivity contribution in [3.05, 3.63) is 35.0 Å². The van der Waals surface area contributed by atoms with Crippen LogP contribution >= 0.6 is 11.6 Å². The summed E-state index contributed by atoms with van der Waals surface area (Å²) in [5.41, 5.74) is -0.962. The van der Waals surface area contributed by atoms with Gasteiger partial charge in [-0.25, -0.2) is 4.98 Å². The zero-order valence-corrected chi connectivity index (χ0v) is 16.8. The lowest BCUT2D eigenvalue weighted by atomic mass is 9.85. The SMILES string of the molecule is C[C@H](C(=O)NCCNc1ncc(C(F)(F)F)cc1Cl)N1C(=O)[C@@H]2CC=CC[C@H]2C1=O. The van der Waals surface area contributed by atoms with Crippen LogP contribution in [0.1, 0.15) is 25.3 Å². The molecule has 1 aliphatic heterocycles. The highest BCUT2D eigenvalue weighted by Crippen LogP contribution is 2.36. The average Bonchev–Trinajstić information content (AvgIpc) is 2.95. The van der Waals surface area contributed by atoms with E-state index < -0.39 is 35.5 Å². The Balaban J connectivity index is 1.50. The van der Waals surface area contributed by atoms with E-state index >= 15 is 0 Å². The first kappa shape index (κ1) is 22.1. The van der Waals surface area contributed by atoms with Gasteiger partial charge in [0.2, 0.25) is 17.7 Å². The molecule has 1 aliphatic carbocycles. The second kappa shape index (κ2) is 8.63. The van der Waals surface area contributed by atoms with Crippen LogP contribution in [0, 0.1) is 11.8 Å². The molecule has 2 N–H and O–H groups in total. The molecule has 3 amide bonds. The Labute approximate surface area is 175 Å². The fourth-order valence-corrected chi connectivity index (χ4v) is 3.80. The van der Waals surface area contributed by atoms with Crippen LogP contribution in [0.5, 0.6) is 0 Å². The minimum atomic E-state index is -4.54. The number of nitrogens with zero attached hydrogens (tertiary/aromatic N) is 2. The Morgan fingerprint density at radius 1 is 1.23 bits per heavy atom. The van der Waals surface area contributed by atoms with Crippen LogP contribution < -0.4 is 10.6 Å². The van der Waals surface area contributed by atoms with Crippen LogP contribution in [0.25, 0.3) is 0 Å². The van der Waals surface area contributed by atoms with Crippen molar-refractivity contribution < 1.29 is 27.6 Å². The van der Waals surface area contributed by atoms with Crippen molar-refractivity contribution in [2.45, 2.75) is 32.0 Å². The molecule has 3 atom stereocenters. The molecule has 3 rings (SSSR count). The van der Waals surface area contributed by atoms with E-state index in [1.54, 1.807) is 0 Å². The van der Waals surface area contributed by atoms with Gasteiger partial charge in [-0.2, -0.15) is 13.2 Å². The largest absolute Gasteiger partial charge is 0.417 e. The summed E-state index contributed by atoms with van der Waals surface area (Å²) < 4.78 is 37.9. The molecule has 1 saturated heterocycles. The van der Waals surface area contributed by atoms with E-state index in [2.05, 4.69) is 15.6 Å². The van der Waals surface area contributed by atoms with Gasteiger partial charge in [-0.05, 0) is 25.8 Å². The zero-order valence-electron chi connectivity index (χ0n) is 16.0. The van der Waals surface area contributed by atoms with Gasteiger partial charge in [0.1, 0.15) is 11.9 Å². The number of hydrogen-bond acceptors (Lipinski definition) is 5. The molecule has 2 aliphatic rings. The number of fused-ring (bicyclic) bond motifs is 1. The van der Waals surface area contributed by atoms with Crippen molar-refractivity contribution >= 4 is 35.1 Å². The third-order valence-electron chi connectivity index (χ3n) is 5.19. The van der Waals surface area contributed by atoms with Crippen molar-refractivity contribution in [2.75, 3.05) is 18.4 Å². The molecule has 7 nitrogen and oxygen atoms in total. The highest BCUT2D eigenvalue weighted by Gasteiger charge is 2.50. The molecule has 0 radical (unpaired) electrons. The summed E-state index contributed by atoms with van der Waals surface area (Å²) in [4.78, 5) is 42.1. The Bertz CT molecular complexity index is 864. The highest BCUT2D eigenvalue weighted by molar-refractivity contribution is 6.33. The van der Waals surface area contributed by atoms with Crippen LogP contribution in [-0.2, 0) is 20.6 Å². The number of halogens is 4. The third-order valence-corrected chi connectivity index (χ3v) is 5.48. The first-order valence-electron chi connectivity index (χ1n) is 9.37. The van der Waals surface area contributed by atoms with Gasteiger partial charge in [-0.15, -0.1) is 0 Å². The van der Waals surface area contributed by atoms with Crippen LogP contribution in [0.4, 0.5) is 19.0 Å². The number of amides is 3. The summed E-state index contributed by atoms with van der Waals surface area (Å²) in [6.07, 6.45) is 0.833. The first-order valence-corrected chi connectivity index (χ1v) is 9.75. The van der Waals surface area contributed by atoms with Gasteiger partial charge in [-0.3, -0.25) is 19.3 Å². The summed E-state index contributed by atoms with van der Waals surface area (Å²) in [5, 5.41) is 5.13. The summed E-state index contributed by atoms with van der Waals surface area (Å²) in [6.45, 7) is 1.71. The maximum Gasteiger partial charge on any atom is 0.417 e. The van der Waals surface area contributed by atoms with Gasteiger partial charge in [0.05, 0.1) is 22.4 Å². The van der Waals surface area contributed by atoms with Gasteiger partial charge in [-0.1, -0.05) is 23.8 Å². The van der Waals surface area contributed by atoms with Crippen molar-refractivity contribution in [3.8, 4) is 0 Å². The number of anilines is 1. The quantitative estimate of drug-likeness (QED) is 0.400. The van der Waals surface area contributed by atoms with Crippen LogP contribution in [-0.4, -0.2) is 46.7 Å². The predicted molar refractivity (Wildman–Crippen MR) is 102 cm³/mol. The molecule has 11 heteroatoms. The molecular formula is C19H20ClF3N4O3. The number of carbonyl (C=O) groups is 3.